The quantitative estimate of drug-likeness (QED) is 0.120. The van der Waals surface area contributed by atoms with Crippen LogP contribution in [-0.4, -0.2) is 49.4 Å². The Morgan fingerprint density at radius 2 is 1.90 bits per heavy atom. The van der Waals surface area contributed by atoms with Gasteiger partial charge in [0, 0.05) is 30.0 Å². The first kappa shape index (κ1) is 27.4. The molecule has 1 aliphatic carbocycles. The molecule has 1 unspecified atom stereocenters. The summed E-state index contributed by atoms with van der Waals surface area (Å²) in [5.74, 6) is 1.45. The topological polar surface area (TPSA) is 121 Å². The van der Waals surface area contributed by atoms with E-state index in [0.717, 1.165) is 74.1 Å². The smallest absolute Gasteiger partial charge is 0.254 e. The Labute approximate surface area is 242 Å². The van der Waals surface area contributed by atoms with Crippen molar-refractivity contribution in [2.24, 2.45) is 16.8 Å². The molecule has 3 N–H and O–H groups in total. The number of aromatic nitrogens is 4. The SMILES string of the molecule is NC(=NO)c1ccc2c(c1)nc(CC1CCC(Oc3nc(Cc4ccc(Cl)cc4)ncc3F)CC1)n2CC1CCO1. The molecular formula is C30H32ClFN6O3. The Morgan fingerprint density at radius 3 is 2.61 bits per heavy atom. The molecule has 0 bridgehead atoms. The Morgan fingerprint density at radius 1 is 1.12 bits per heavy atom. The van der Waals surface area contributed by atoms with Crippen LogP contribution in [-0.2, 0) is 24.1 Å². The van der Waals surface area contributed by atoms with Crippen LogP contribution in [0.1, 0.15) is 54.9 Å². The van der Waals surface area contributed by atoms with E-state index in [-0.39, 0.29) is 23.9 Å². The fourth-order valence-electron chi connectivity index (χ4n) is 5.60. The summed E-state index contributed by atoms with van der Waals surface area (Å²) in [6.45, 7) is 1.54. The van der Waals surface area contributed by atoms with Crippen LogP contribution >= 0.6 is 11.6 Å². The number of rotatable bonds is 9. The molecule has 41 heavy (non-hydrogen) atoms. The lowest BCUT2D eigenvalue weighted by atomic mass is 9.85. The van der Waals surface area contributed by atoms with E-state index in [9.17, 15) is 4.39 Å². The highest BCUT2D eigenvalue weighted by atomic mass is 35.5. The molecule has 214 valence electrons. The summed E-state index contributed by atoms with van der Waals surface area (Å²) in [5.41, 5.74) is 9.25. The summed E-state index contributed by atoms with van der Waals surface area (Å²) in [6, 6.07) is 13.1. The molecule has 1 saturated heterocycles. The normalized spacial score (nSPS) is 21.1. The van der Waals surface area contributed by atoms with Crippen LogP contribution in [0.3, 0.4) is 0 Å². The van der Waals surface area contributed by atoms with Gasteiger partial charge < -0.3 is 25.0 Å². The predicted octanol–water partition coefficient (Wildman–Crippen LogP) is 5.27. The van der Waals surface area contributed by atoms with Crippen molar-refractivity contribution >= 4 is 28.5 Å². The van der Waals surface area contributed by atoms with E-state index in [2.05, 4.69) is 19.7 Å². The molecule has 2 aromatic carbocycles. The number of fused-ring (bicyclic) bond motifs is 1. The van der Waals surface area contributed by atoms with Crippen LogP contribution in [0.4, 0.5) is 4.39 Å². The lowest BCUT2D eigenvalue weighted by Crippen LogP contribution is -2.32. The van der Waals surface area contributed by atoms with Crippen LogP contribution in [0.2, 0.25) is 5.02 Å². The maximum absolute atomic E-state index is 14.5. The minimum atomic E-state index is -0.551. The van der Waals surface area contributed by atoms with Crippen LogP contribution in [0.25, 0.3) is 11.0 Å². The third-order valence-electron chi connectivity index (χ3n) is 7.99. The summed E-state index contributed by atoms with van der Waals surface area (Å²) in [5, 5.41) is 12.9. The fourth-order valence-corrected chi connectivity index (χ4v) is 5.72. The van der Waals surface area contributed by atoms with E-state index >= 15 is 0 Å². The van der Waals surface area contributed by atoms with E-state index in [1.807, 2.05) is 42.5 Å². The molecular weight excluding hydrogens is 547 g/mol. The second-order valence-corrected chi connectivity index (χ2v) is 11.3. The Kier molecular flexibility index (Phi) is 8.02. The number of nitrogens with zero attached hydrogens (tertiary/aromatic N) is 5. The number of hydrogen-bond acceptors (Lipinski definition) is 7. The first-order valence-corrected chi connectivity index (χ1v) is 14.3. The van der Waals surface area contributed by atoms with Crippen LogP contribution in [0.5, 0.6) is 5.88 Å². The van der Waals surface area contributed by atoms with E-state index in [0.29, 0.717) is 28.7 Å². The summed E-state index contributed by atoms with van der Waals surface area (Å²) in [6.07, 6.45) is 7.07. The summed E-state index contributed by atoms with van der Waals surface area (Å²) in [4.78, 5) is 13.5. The van der Waals surface area contributed by atoms with E-state index in [1.54, 1.807) is 0 Å². The van der Waals surface area contributed by atoms with Gasteiger partial charge in [0.15, 0.2) is 5.84 Å². The maximum atomic E-state index is 14.5. The van der Waals surface area contributed by atoms with Crippen LogP contribution in [0, 0.1) is 11.7 Å². The molecule has 2 fully saturated rings. The molecule has 0 spiro atoms. The Hall–Kier alpha value is -3.76. The van der Waals surface area contributed by atoms with Gasteiger partial charge in [-0.15, -0.1) is 0 Å². The lowest BCUT2D eigenvalue weighted by Gasteiger charge is -2.30. The molecule has 1 atom stereocenters. The zero-order valence-corrected chi connectivity index (χ0v) is 23.3. The van der Waals surface area contributed by atoms with Gasteiger partial charge in [0.1, 0.15) is 17.8 Å². The molecule has 4 aromatic rings. The van der Waals surface area contributed by atoms with E-state index < -0.39 is 5.82 Å². The molecule has 0 radical (unpaired) electrons. The number of amidine groups is 1. The molecule has 3 heterocycles. The average Bonchev–Trinajstić information content (AvgIpc) is 3.30. The number of oxime groups is 1. The van der Waals surface area contributed by atoms with E-state index in [4.69, 9.17) is 37.0 Å². The molecule has 2 aliphatic rings. The van der Waals surface area contributed by atoms with Gasteiger partial charge in [-0.2, -0.15) is 9.37 Å². The number of hydrogen-bond donors (Lipinski definition) is 2. The molecule has 1 saturated carbocycles. The number of benzene rings is 2. The minimum absolute atomic E-state index is 0.0104. The van der Waals surface area contributed by atoms with Crippen molar-refractivity contribution in [3.05, 3.63) is 82.3 Å². The lowest BCUT2D eigenvalue weighted by molar-refractivity contribution is -0.0590. The zero-order chi connectivity index (χ0) is 28.3. The van der Waals surface area contributed by atoms with Crippen LogP contribution in [0.15, 0.2) is 53.8 Å². The van der Waals surface area contributed by atoms with Gasteiger partial charge in [-0.1, -0.05) is 28.9 Å². The highest BCUT2D eigenvalue weighted by Gasteiger charge is 2.27. The van der Waals surface area contributed by atoms with Gasteiger partial charge in [0.25, 0.3) is 5.88 Å². The fraction of sp³-hybridized carbons (Fsp3) is 0.400. The maximum Gasteiger partial charge on any atom is 0.254 e. The van der Waals surface area contributed by atoms with Gasteiger partial charge >= 0.3 is 0 Å². The highest BCUT2D eigenvalue weighted by molar-refractivity contribution is 6.30. The molecule has 9 nitrogen and oxygen atoms in total. The molecule has 6 rings (SSSR count). The van der Waals surface area contributed by atoms with Crippen molar-refractivity contribution in [2.45, 2.75) is 63.7 Å². The minimum Gasteiger partial charge on any atom is -0.472 e. The van der Waals surface area contributed by atoms with Crippen molar-refractivity contribution in [2.75, 3.05) is 6.61 Å². The molecule has 1 aliphatic heterocycles. The third-order valence-corrected chi connectivity index (χ3v) is 8.24. The monoisotopic (exact) mass is 578 g/mol. The van der Waals surface area contributed by atoms with Gasteiger partial charge in [-0.3, -0.25) is 0 Å². The van der Waals surface area contributed by atoms with E-state index in [1.165, 1.54) is 6.20 Å². The third kappa shape index (κ3) is 6.28. The largest absolute Gasteiger partial charge is 0.472 e. The zero-order valence-electron chi connectivity index (χ0n) is 22.5. The average molecular weight is 579 g/mol. The first-order valence-electron chi connectivity index (χ1n) is 14.0. The van der Waals surface area contributed by atoms with Gasteiger partial charge in [-0.25, -0.2) is 9.97 Å². The van der Waals surface area contributed by atoms with Gasteiger partial charge in [0.05, 0.1) is 29.9 Å². The van der Waals surface area contributed by atoms with Crippen molar-refractivity contribution < 1.29 is 19.1 Å². The summed E-state index contributed by atoms with van der Waals surface area (Å²) >= 11 is 5.97. The predicted molar refractivity (Wildman–Crippen MR) is 153 cm³/mol. The highest BCUT2D eigenvalue weighted by Crippen LogP contribution is 2.32. The Balaban J connectivity index is 1.11. The van der Waals surface area contributed by atoms with Crippen molar-refractivity contribution in [1.82, 2.24) is 19.5 Å². The van der Waals surface area contributed by atoms with Crippen molar-refractivity contribution in [3.63, 3.8) is 0 Å². The van der Waals surface area contributed by atoms with Gasteiger partial charge in [0.2, 0.25) is 5.82 Å². The standard InChI is InChI=1S/C30H32ClFN6O3/c31-21-6-1-18(2-7-21)13-27-34-16-24(32)30(36-27)41-22-8-3-19(4-9-22)14-28-35-25-15-20(29(33)37-39)5-10-26(25)38(28)17-23-11-12-40-23/h1-2,5-7,10,15-16,19,22-23,39H,3-4,8-9,11-14,17H2,(H2,33,37). The summed E-state index contributed by atoms with van der Waals surface area (Å²) < 4.78 is 28.6. The summed E-state index contributed by atoms with van der Waals surface area (Å²) in [7, 11) is 0. The molecule has 0 amide bonds. The molecule has 11 heteroatoms. The second kappa shape index (κ2) is 12.0. The number of halogens is 2. The Bertz CT molecular complexity index is 1550. The first-order chi connectivity index (χ1) is 19.9. The van der Waals surface area contributed by atoms with Crippen LogP contribution < -0.4 is 10.5 Å². The number of imidazole rings is 1. The number of ether oxygens (including phenoxy) is 2. The van der Waals surface area contributed by atoms with Crippen molar-refractivity contribution in [3.8, 4) is 5.88 Å². The molecule has 2 aromatic heterocycles. The number of nitrogens with two attached hydrogens (primary N) is 1. The van der Waals surface area contributed by atoms with Gasteiger partial charge in [-0.05, 0) is 73.9 Å². The van der Waals surface area contributed by atoms with Crippen molar-refractivity contribution in [1.29, 1.82) is 0 Å². The second-order valence-electron chi connectivity index (χ2n) is 10.8.